The largest absolute Gasteiger partial charge is 0.391 e. The summed E-state index contributed by atoms with van der Waals surface area (Å²) in [6.07, 6.45) is 0.190. The summed E-state index contributed by atoms with van der Waals surface area (Å²) in [7, 11) is 0. The van der Waals surface area contributed by atoms with Crippen LogP contribution in [0.3, 0.4) is 0 Å². The quantitative estimate of drug-likeness (QED) is 0.723. The van der Waals surface area contributed by atoms with E-state index in [2.05, 4.69) is 5.32 Å². The second-order valence-corrected chi connectivity index (χ2v) is 5.67. The molecule has 1 aliphatic heterocycles. The lowest BCUT2D eigenvalue weighted by atomic mass is 9.95. The molecule has 2 N–H and O–H groups in total. The topological polar surface area (TPSA) is 69.6 Å². The lowest BCUT2D eigenvalue weighted by Crippen LogP contribution is -2.49. The molecule has 1 rings (SSSR count). The highest BCUT2D eigenvalue weighted by Gasteiger charge is 2.30. The fraction of sp³-hybridized carbons (Fsp3) is 0.833. The number of nitrogens with one attached hydrogen (secondary N) is 1. The maximum absolute atomic E-state index is 12.0. The van der Waals surface area contributed by atoms with Gasteiger partial charge < -0.3 is 15.3 Å². The van der Waals surface area contributed by atoms with E-state index >= 15 is 0 Å². The molecule has 5 nitrogen and oxygen atoms in total. The summed E-state index contributed by atoms with van der Waals surface area (Å²) in [6.45, 7) is 8.03. The number of carbonyl (C=O) groups excluding carboxylic acids is 2. The zero-order valence-electron chi connectivity index (χ0n) is 11.0. The fourth-order valence-corrected chi connectivity index (χ4v) is 1.69. The molecule has 0 aliphatic carbocycles. The normalized spacial score (nSPS) is 22.4. The van der Waals surface area contributed by atoms with Crippen LogP contribution in [0.5, 0.6) is 0 Å². The Kier molecular flexibility index (Phi) is 4.14. The van der Waals surface area contributed by atoms with Crippen molar-refractivity contribution in [2.75, 3.05) is 13.1 Å². The first-order chi connectivity index (χ1) is 7.71. The van der Waals surface area contributed by atoms with E-state index in [-0.39, 0.29) is 11.8 Å². The maximum Gasteiger partial charge on any atom is 0.244 e. The van der Waals surface area contributed by atoms with Crippen molar-refractivity contribution in [1.82, 2.24) is 10.2 Å². The third kappa shape index (κ3) is 3.70. The van der Waals surface area contributed by atoms with Crippen LogP contribution in [0.15, 0.2) is 0 Å². The Bertz CT molecular complexity index is 309. The molecule has 0 aromatic carbocycles. The van der Waals surface area contributed by atoms with Crippen molar-refractivity contribution in [3.05, 3.63) is 0 Å². The van der Waals surface area contributed by atoms with Crippen molar-refractivity contribution in [2.24, 2.45) is 5.41 Å². The average Bonchev–Trinajstić information content (AvgIpc) is 2.62. The van der Waals surface area contributed by atoms with Gasteiger partial charge in [0.15, 0.2) is 0 Å². The van der Waals surface area contributed by atoms with Gasteiger partial charge in [0.1, 0.15) is 6.04 Å². The minimum absolute atomic E-state index is 0.126. The van der Waals surface area contributed by atoms with Crippen molar-refractivity contribution < 1.29 is 14.7 Å². The molecular weight excluding hydrogens is 220 g/mol. The smallest absolute Gasteiger partial charge is 0.244 e. The van der Waals surface area contributed by atoms with Crippen LogP contribution in [0.25, 0.3) is 0 Å². The van der Waals surface area contributed by atoms with Gasteiger partial charge in [0.05, 0.1) is 6.10 Å². The molecule has 1 heterocycles. The molecule has 17 heavy (non-hydrogen) atoms. The number of rotatable bonds is 2. The number of hydrogen-bond donors (Lipinski definition) is 2. The van der Waals surface area contributed by atoms with E-state index in [4.69, 9.17) is 0 Å². The summed E-state index contributed by atoms with van der Waals surface area (Å²) in [5.41, 5.74) is -0.501. The highest BCUT2D eigenvalue weighted by molar-refractivity contribution is 5.89. The highest BCUT2D eigenvalue weighted by atomic mass is 16.3. The molecule has 1 aliphatic rings. The van der Waals surface area contributed by atoms with E-state index in [0.29, 0.717) is 19.5 Å². The van der Waals surface area contributed by atoms with Crippen LogP contribution in [0, 0.1) is 5.41 Å². The number of aliphatic hydroxyl groups excluding tert-OH is 1. The molecule has 0 spiro atoms. The van der Waals surface area contributed by atoms with Crippen LogP contribution in [0.2, 0.25) is 0 Å². The molecule has 98 valence electrons. The summed E-state index contributed by atoms with van der Waals surface area (Å²) >= 11 is 0. The van der Waals surface area contributed by atoms with Crippen molar-refractivity contribution in [3.8, 4) is 0 Å². The molecule has 0 aromatic heterocycles. The summed E-state index contributed by atoms with van der Waals surface area (Å²) in [6, 6.07) is -0.535. The predicted octanol–water partition coefficient (Wildman–Crippen LogP) is 0.130. The Labute approximate surface area is 102 Å². The molecule has 1 saturated heterocycles. The van der Waals surface area contributed by atoms with Crippen molar-refractivity contribution in [1.29, 1.82) is 0 Å². The van der Waals surface area contributed by atoms with Crippen LogP contribution < -0.4 is 5.32 Å². The van der Waals surface area contributed by atoms with E-state index in [9.17, 15) is 14.7 Å². The van der Waals surface area contributed by atoms with Crippen molar-refractivity contribution in [3.63, 3.8) is 0 Å². The molecule has 2 atom stereocenters. The number of β-amino-alcohol motifs (C(OH)–C–C–N with tert-alkyl or cyclic N) is 1. The molecule has 0 saturated carbocycles. The third-order valence-electron chi connectivity index (χ3n) is 2.87. The fourth-order valence-electron chi connectivity index (χ4n) is 1.69. The molecule has 0 aromatic rings. The first-order valence-electron chi connectivity index (χ1n) is 5.99. The Balaban J connectivity index is 2.50. The van der Waals surface area contributed by atoms with Gasteiger partial charge in [0.2, 0.25) is 11.8 Å². The van der Waals surface area contributed by atoms with Crippen molar-refractivity contribution in [2.45, 2.75) is 46.3 Å². The van der Waals surface area contributed by atoms with E-state index in [1.54, 1.807) is 32.6 Å². The Hall–Kier alpha value is -1.10. The van der Waals surface area contributed by atoms with Gasteiger partial charge in [-0.15, -0.1) is 0 Å². The van der Waals surface area contributed by atoms with Gasteiger partial charge in [0.25, 0.3) is 0 Å². The second-order valence-electron chi connectivity index (χ2n) is 5.67. The Morgan fingerprint density at radius 2 is 2.00 bits per heavy atom. The monoisotopic (exact) mass is 242 g/mol. The molecule has 2 unspecified atom stereocenters. The van der Waals surface area contributed by atoms with E-state index in [1.807, 2.05) is 0 Å². The average molecular weight is 242 g/mol. The third-order valence-corrected chi connectivity index (χ3v) is 2.87. The number of nitrogens with zero attached hydrogens (tertiary/aromatic N) is 1. The summed E-state index contributed by atoms with van der Waals surface area (Å²) in [5.74, 6) is -0.266. The highest BCUT2D eigenvalue weighted by Crippen LogP contribution is 2.14. The zero-order valence-corrected chi connectivity index (χ0v) is 11.0. The number of likely N-dealkylation sites (tertiary alicyclic amines) is 1. The minimum Gasteiger partial charge on any atom is -0.391 e. The van der Waals surface area contributed by atoms with E-state index in [0.717, 1.165) is 0 Å². The molecule has 0 radical (unpaired) electrons. The lowest BCUT2D eigenvalue weighted by molar-refractivity contribution is -0.137. The zero-order chi connectivity index (χ0) is 13.2. The molecule has 2 amide bonds. The van der Waals surface area contributed by atoms with Gasteiger partial charge in [-0.1, -0.05) is 20.8 Å². The van der Waals surface area contributed by atoms with Crippen LogP contribution in [0.4, 0.5) is 0 Å². The Morgan fingerprint density at radius 1 is 1.41 bits per heavy atom. The predicted molar refractivity (Wildman–Crippen MR) is 64.3 cm³/mol. The van der Waals surface area contributed by atoms with Gasteiger partial charge in [-0.05, 0) is 13.3 Å². The van der Waals surface area contributed by atoms with Crippen LogP contribution >= 0.6 is 0 Å². The minimum atomic E-state index is -0.535. The van der Waals surface area contributed by atoms with Gasteiger partial charge in [0, 0.05) is 18.5 Å². The number of carbonyl (C=O) groups is 2. The SMILES string of the molecule is CC(NC(=O)C(C)(C)C)C(=O)N1CCC(O)C1. The lowest BCUT2D eigenvalue weighted by Gasteiger charge is -2.24. The molecule has 5 heteroatoms. The maximum atomic E-state index is 12.0. The number of amides is 2. The standard InChI is InChI=1S/C12H22N2O3/c1-8(13-11(17)12(2,3)4)10(16)14-6-5-9(15)7-14/h8-9,15H,5-7H2,1-4H3,(H,13,17). The van der Waals surface area contributed by atoms with Gasteiger partial charge in [-0.25, -0.2) is 0 Å². The first kappa shape index (κ1) is 14.0. The summed E-state index contributed by atoms with van der Waals surface area (Å²) < 4.78 is 0. The number of hydrogen-bond acceptors (Lipinski definition) is 3. The van der Waals surface area contributed by atoms with Crippen LogP contribution in [0.1, 0.15) is 34.1 Å². The van der Waals surface area contributed by atoms with Gasteiger partial charge in [-0.2, -0.15) is 0 Å². The first-order valence-corrected chi connectivity index (χ1v) is 5.99. The molecule has 1 fully saturated rings. The van der Waals surface area contributed by atoms with Gasteiger partial charge in [-0.3, -0.25) is 9.59 Å². The number of aliphatic hydroxyl groups is 1. The Morgan fingerprint density at radius 3 is 2.41 bits per heavy atom. The second kappa shape index (κ2) is 5.04. The van der Waals surface area contributed by atoms with E-state index in [1.165, 1.54) is 0 Å². The summed E-state index contributed by atoms with van der Waals surface area (Å²) in [4.78, 5) is 25.3. The van der Waals surface area contributed by atoms with E-state index < -0.39 is 17.6 Å². The summed E-state index contributed by atoms with van der Waals surface area (Å²) in [5, 5.41) is 12.1. The van der Waals surface area contributed by atoms with Crippen molar-refractivity contribution >= 4 is 11.8 Å². The van der Waals surface area contributed by atoms with Crippen LogP contribution in [-0.4, -0.2) is 47.1 Å². The molecular formula is C12H22N2O3. The van der Waals surface area contributed by atoms with Crippen LogP contribution in [-0.2, 0) is 9.59 Å². The van der Waals surface area contributed by atoms with Gasteiger partial charge >= 0.3 is 0 Å². The molecule has 0 bridgehead atoms.